The predicted octanol–water partition coefficient (Wildman–Crippen LogP) is -3.94. The van der Waals surface area contributed by atoms with Gasteiger partial charge in [0.1, 0.15) is 18.1 Å². The van der Waals surface area contributed by atoms with Crippen molar-refractivity contribution in [2.75, 3.05) is 6.61 Å². The van der Waals surface area contributed by atoms with E-state index in [0.29, 0.717) is 5.69 Å². The summed E-state index contributed by atoms with van der Waals surface area (Å²) in [5, 5.41) is 43.5. The van der Waals surface area contributed by atoms with Crippen LogP contribution in [0.2, 0.25) is 0 Å². The molecular weight excluding hydrogens is 444 g/mol. The number of carboxylic acid groups (broad SMARTS) is 2. The Hall–Kier alpha value is -3.56. The van der Waals surface area contributed by atoms with Gasteiger partial charge in [0.05, 0.1) is 25.1 Å². The summed E-state index contributed by atoms with van der Waals surface area (Å²) in [5.74, 6) is -5.71. The number of H-pyrrole nitrogens is 1. The van der Waals surface area contributed by atoms with E-state index in [4.69, 9.17) is 15.9 Å². The number of aromatic nitrogens is 2. The first kappa shape index (κ1) is 27.5. The molecule has 0 aliphatic carbocycles. The highest BCUT2D eigenvalue weighted by Crippen LogP contribution is 2.02. The van der Waals surface area contributed by atoms with Gasteiger partial charge in [-0.25, -0.2) is 9.78 Å². The number of nitrogens with two attached hydrogens (primary N) is 1. The Morgan fingerprint density at radius 1 is 1.06 bits per heavy atom. The van der Waals surface area contributed by atoms with E-state index in [1.165, 1.54) is 19.4 Å². The summed E-state index contributed by atoms with van der Waals surface area (Å²) < 4.78 is 0. The number of imidazole rings is 1. The summed E-state index contributed by atoms with van der Waals surface area (Å²) >= 11 is 0. The SMILES string of the molecule is CC(O)C(NC(=O)C(N)Cc1cnc[nH]1)C(=O)NC(CO)C(=O)NC(CCC(=O)O)C(=O)O. The minimum atomic E-state index is -1.64. The van der Waals surface area contributed by atoms with E-state index in [1.807, 2.05) is 5.32 Å². The number of carbonyl (C=O) groups is 5. The number of hydrogen-bond donors (Lipinski definition) is 9. The summed E-state index contributed by atoms with van der Waals surface area (Å²) in [7, 11) is 0. The maximum absolute atomic E-state index is 12.5. The van der Waals surface area contributed by atoms with Crippen LogP contribution in [-0.2, 0) is 30.4 Å². The molecule has 0 saturated carbocycles. The monoisotopic (exact) mass is 472 g/mol. The largest absolute Gasteiger partial charge is 0.481 e. The molecule has 15 nitrogen and oxygen atoms in total. The first-order valence-corrected chi connectivity index (χ1v) is 9.83. The van der Waals surface area contributed by atoms with E-state index in [1.54, 1.807) is 0 Å². The van der Waals surface area contributed by atoms with Crippen LogP contribution in [0.25, 0.3) is 0 Å². The van der Waals surface area contributed by atoms with E-state index >= 15 is 0 Å². The summed E-state index contributed by atoms with van der Waals surface area (Å²) in [6.45, 7) is 0.258. The summed E-state index contributed by atoms with van der Waals surface area (Å²) in [6, 6.07) is -5.86. The fourth-order valence-electron chi connectivity index (χ4n) is 2.64. The molecule has 1 aromatic rings. The lowest BCUT2D eigenvalue weighted by molar-refractivity contribution is -0.143. The predicted molar refractivity (Wildman–Crippen MR) is 109 cm³/mol. The second kappa shape index (κ2) is 13.1. The molecule has 5 atom stereocenters. The molecule has 3 amide bonds. The molecule has 1 aromatic heterocycles. The van der Waals surface area contributed by atoms with Gasteiger partial charge in [-0.1, -0.05) is 0 Å². The van der Waals surface area contributed by atoms with Gasteiger partial charge in [-0.3, -0.25) is 19.2 Å². The van der Waals surface area contributed by atoms with Gasteiger partial charge >= 0.3 is 11.9 Å². The molecule has 0 spiro atoms. The molecule has 0 aliphatic heterocycles. The molecule has 184 valence electrons. The highest BCUT2D eigenvalue weighted by Gasteiger charge is 2.32. The number of nitrogens with one attached hydrogen (secondary N) is 4. The Balaban J connectivity index is 2.77. The van der Waals surface area contributed by atoms with Crippen LogP contribution in [0.5, 0.6) is 0 Å². The number of rotatable bonds is 14. The van der Waals surface area contributed by atoms with Crippen LogP contribution in [0.1, 0.15) is 25.5 Å². The summed E-state index contributed by atoms with van der Waals surface area (Å²) in [4.78, 5) is 65.6. The van der Waals surface area contributed by atoms with Crippen molar-refractivity contribution >= 4 is 29.7 Å². The van der Waals surface area contributed by atoms with E-state index in [-0.39, 0.29) is 6.42 Å². The van der Waals surface area contributed by atoms with Gasteiger partial charge in [-0.05, 0) is 13.3 Å². The van der Waals surface area contributed by atoms with Gasteiger partial charge < -0.3 is 47.1 Å². The smallest absolute Gasteiger partial charge is 0.326 e. The van der Waals surface area contributed by atoms with Gasteiger partial charge in [0.2, 0.25) is 17.7 Å². The van der Waals surface area contributed by atoms with Gasteiger partial charge in [0, 0.05) is 24.7 Å². The Labute approximate surface area is 187 Å². The van der Waals surface area contributed by atoms with Crippen molar-refractivity contribution in [1.29, 1.82) is 0 Å². The molecule has 1 rings (SSSR count). The Bertz CT molecular complexity index is 829. The zero-order chi connectivity index (χ0) is 25.1. The number of hydrogen-bond acceptors (Lipinski definition) is 9. The van der Waals surface area contributed by atoms with Crippen molar-refractivity contribution in [2.45, 2.75) is 56.5 Å². The lowest BCUT2D eigenvalue weighted by atomic mass is 10.1. The minimum Gasteiger partial charge on any atom is -0.481 e. The number of aromatic amines is 1. The summed E-state index contributed by atoms with van der Waals surface area (Å²) in [6.07, 6.45) is 0.526. The molecule has 15 heteroatoms. The van der Waals surface area contributed by atoms with Crippen LogP contribution in [0.3, 0.4) is 0 Å². The quantitative estimate of drug-likeness (QED) is 0.126. The lowest BCUT2D eigenvalue weighted by Gasteiger charge is -2.25. The van der Waals surface area contributed by atoms with Crippen LogP contribution in [0, 0.1) is 0 Å². The van der Waals surface area contributed by atoms with Crippen molar-refractivity contribution in [2.24, 2.45) is 5.73 Å². The molecule has 0 bridgehead atoms. The maximum Gasteiger partial charge on any atom is 0.326 e. The molecule has 0 saturated heterocycles. The molecule has 33 heavy (non-hydrogen) atoms. The number of carboxylic acids is 2. The molecule has 0 aliphatic rings. The molecule has 0 radical (unpaired) electrons. The van der Waals surface area contributed by atoms with Crippen LogP contribution < -0.4 is 21.7 Å². The van der Waals surface area contributed by atoms with Crippen molar-refractivity contribution in [3.05, 3.63) is 18.2 Å². The second-order valence-electron chi connectivity index (χ2n) is 7.19. The van der Waals surface area contributed by atoms with Gasteiger partial charge in [0.25, 0.3) is 0 Å². The maximum atomic E-state index is 12.5. The number of amides is 3. The zero-order valence-corrected chi connectivity index (χ0v) is 17.7. The van der Waals surface area contributed by atoms with E-state index in [2.05, 4.69) is 20.6 Å². The first-order chi connectivity index (χ1) is 15.5. The van der Waals surface area contributed by atoms with Crippen LogP contribution in [0.4, 0.5) is 0 Å². The average Bonchev–Trinajstić information content (AvgIpc) is 3.24. The number of aliphatic carboxylic acids is 2. The van der Waals surface area contributed by atoms with Crippen molar-refractivity contribution < 1.29 is 44.4 Å². The van der Waals surface area contributed by atoms with Crippen molar-refractivity contribution in [3.8, 4) is 0 Å². The topological polar surface area (TPSA) is 257 Å². The Morgan fingerprint density at radius 2 is 1.70 bits per heavy atom. The van der Waals surface area contributed by atoms with E-state index < -0.39 is 79.4 Å². The zero-order valence-electron chi connectivity index (χ0n) is 17.7. The summed E-state index contributed by atoms with van der Waals surface area (Å²) in [5.41, 5.74) is 6.35. The molecule has 0 aromatic carbocycles. The fraction of sp³-hybridized carbons (Fsp3) is 0.556. The first-order valence-electron chi connectivity index (χ1n) is 9.83. The van der Waals surface area contributed by atoms with Gasteiger partial charge in [-0.2, -0.15) is 0 Å². The standard InChI is InChI=1S/C18H28N6O9/c1-8(26)14(24-15(29)10(19)4-9-5-20-7-21-9)17(31)23-12(6-25)16(30)22-11(18(32)33)2-3-13(27)28/h5,7-8,10-12,14,25-26H,2-4,6,19H2,1H3,(H,20,21)(H,22,30)(H,23,31)(H,24,29)(H,27,28)(H,32,33). The minimum absolute atomic E-state index is 0.0641. The Kier molecular flexibility index (Phi) is 10.9. The number of aliphatic hydroxyl groups excluding tert-OH is 2. The second-order valence-corrected chi connectivity index (χ2v) is 7.19. The van der Waals surface area contributed by atoms with Crippen LogP contribution >= 0.6 is 0 Å². The number of nitrogens with zero attached hydrogens (tertiary/aromatic N) is 1. The molecule has 5 unspecified atom stereocenters. The van der Waals surface area contributed by atoms with Gasteiger partial charge in [0.15, 0.2) is 0 Å². The van der Waals surface area contributed by atoms with E-state index in [0.717, 1.165) is 0 Å². The normalized spacial score (nSPS) is 15.4. The highest BCUT2D eigenvalue weighted by molar-refractivity contribution is 5.94. The lowest BCUT2D eigenvalue weighted by Crippen LogP contribution is -2.60. The number of carbonyl (C=O) groups excluding carboxylic acids is 3. The highest BCUT2D eigenvalue weighted by atomic mass is 16.4. The fourth-order valence-corrected chi connectivity index (χ4v) is 2.64. The van der Waals surface area contributed by atoms with Crippen LogP contribution in [0.15, 0.2) is 12.5 Å². The third-order valence-corrected chi connectivity index (χ3v) is 4.47. The van der Waals surface area contributed by atoms with Crippen molar-refractivity contribution in [3.63, 3.8) is 0 Å². The third kappa shape index (κ3) is 9.22. The number of aliphatic hydroxyl groups is 2. The van der Waals surface area contributed by atoms with Crippen molar-refractivity contribution in [1.82, 2.24) is 25.9 Å². The van der Waals surface area contributed by atoms with E-state index in [9.17, 15) is 34.2 Å². The molecule has 10 N–H and O–H groups in total. The van der Waals surface area contributed by atoms with Gasteiger partial charge in [-0.15, -0.1) is 0 Å². The molecule has 1 heterocycles. The average molecular weight is 472 g/mol. The molecular formula is C18H28N6O9. The molecule has 0 fully saturated rings. The Morgan fingerprint density at radius 3 is 2.18 bits per heavy atom. The third-order valence-electron chi connectivity index (χ3n) is 4.47. The van der Waals surface area contributed by atoms with Crippen LogP contribution in [-0.4, -0.2) is 96.9 Å².